The number of nitrogens with zero attached hydrogens (tertiary/aromatic N) is 2. The third-order valence-electron chi connectivity index (χ3n) is 2.55. The summed E-state index contributed by atoms with van der Waals surface area (Å²) in [5, 5.41) is 0.605. The van der Waals surface area contributed by atoms with Crippen molar-refractivity contribution >= 4 is 23.2 Å². The first-order valence-electron chi connectivity index (χ1n) is 4.61. The Bertz CT molecular complexity index is 537. The van der Waals surface area contributed by atoms with Crippen LogP contribution in [0.3, 0.4) is 0 Å². The van der Waals surface area contributed by atoms with E-state index >= 15 is 0 Å². The van der Waals surface area contributed by atoms with Gasteiger partial charge in [0.25, 0.3) is 5.91 Å². The van der Waals surface area contributed by atoms with E-state index < -0.39 is 0 Å². The molecule has 0 spiro atoms. The van der Waals surface area contributed by atoms with Crippen LogP contribution in [0.4, 0.5) is 0 Å². The highest BCUT2D eigenvalue weighted by atomic mass is 35.5. The molecule has 0 aromatic carbocycles. The predicted molar refractivity (Wildman–Crippen MR) is 58.3 cm³/mol. The summed E-state index contributed by atoms with van der Waals surface area (Å²) in [4.78, 5) is 15.6. The number of halogens is 1. The molecule has 0 radical (unpaired) electrons. The second kappa shape index (κ2) is 2.94. The number of carbonyl (C=O) groups excluding carboxylic acids is 1. The third kappa shape index (κ3) is 1.20. The lowest BCUT2D eigenvalue weighted by molar-refractivity contribution is 0.0989. The van der Waals surface area contributed by atoms with Gasteiger partial charge in [-0.05, 0) is 24.3 Å². The highest BCUT2D eigenvalue weighted by Gasteiger charge is 2.26. The molecule has 1 aromatic heterocycles. The minimum Gasteiger partial charge on any atom is -0.331 e. The number of carbonyl (C=O) groups is 1. The topological polar surface area (TPSA) is 34.4 Å². The molecule has 1 amide bonds. The van der Waals surface area contributed by atoms with E-state index in [0.29, 0.717) is 16.4 Å². The van der Waals surface area contributed by atoms with Gasteiger partial charge in [0, 0.05) is 11.2 Å². The summed E-state index contributed by atoms with van der Waals surface area (Å²) in [5.74, 6) is -0.206. The van der Waals surface area contributed by atoms with Crippen LogP contribution in [0.5, 0.6) is 0 Å². The van der Waals surface area contributed by atoms with Gasteiger partial charge in [-0.3, -0.25) is 4.79 Å². The summed E-state index contributed by atoms with van der Waals surface area (Å²) in [5.41, 5.74) is 1.33. The molecular formula is C11H7ClN2O. The standard InChI is InChI=1S/C11H7ClN2O/c12-7-3-4-9-8(6-7)13-11(15)10-2-1-5-14(9)10/h1-6,9H. The van der Waals surface area contributed by atoms with Crippen LogP contribution >= 0.6 is 11.6 Å². The predicted octanol–water partition coefficient (Wildman–Crippen LogP) is 2.32. The summed E-state index contributed by atoms with van der Waals surface area (Å²) in [7, 11) is 0. The summed E-state index contributed by atoms with van der Waals surface area (Å²) >= 11 is 5.86. The van der Waals surface area contributed by atoms with Crippen LogP contribution in [0.1, 0.15) is 16.5 Å². The van der Waals surface area contributed by atoms with Crippen molar-refractivity contribution in [3.05, 3.63) is 47.3 Å². The highest BCUT2D eigenvalue weighted by molar-refractivity contribution is 6.34. The first-order valence-corrected chi connectivity index (χ1v) is 4.98. The molecule has 2 heterocycles. The largest absolute Gasteiger partial charge is 0.331 e. The molecule has 0 N–H and O–H groups in total. The Morgan fingerprint density at radius 1 is 1.47 bits per heavy atom. The van der Waals surface area contributed by atoms with Crippen molar-refractivity contribution in [3.63, 3.8) is 0 Å². The molecule has 0 fully saturated rings. The number of hydrogen-bond donors (Lipinski definition) is 0. The second-order valence-corrected chi connectivity index (χ2v) is 3.91. The van der Waals surface area contributed by atoms with Crippen molar-refractivity contribution in [1.82, 2.24) is 4.57 Å². The van der Waals surface area contributed by atoms with Crippen LogP contribution in [0.15, 0.2) is 46.6 Å². The molecule has 74 valence electrons. The SMILES string of the molecule is O=C1N=C2C=C(Cl)C=CC2n2cccc21. The van der Waals surface area contributed by atoms with Crippen molar-refractivity contribution in [2.24, 2.45) is 4.99 Å². The Hall–Kier alpha value is -1.61. The molecule has 1 aromatic rings. The molecule has 15 heavy (non-hydrogen) atoms. The van der Waals surface area contributed by atoms with Gasteiger partial charge < -0.3 is 4.57 Å². The fraction of sp³-hybridized carbons (Fsp3) is 0.0909. The molecule has 2 aliphatic rings. The maximum absolute atomic E-state index is 11.6. The van der Waals surface area contributed by atoms with Gasteiger partial charge >= 0.3 is 0 Å². The molecule has 1 unspecified atom stereocenters. The van der Waals surface area contributed by atoms with E-state index in [4.69, 9.17) is 11.6 Å². The number of allylic oxidation sites excluding steroid dienone is 4. The van der Waals surface area contributed by atoms with E-state index in [1.807, 2.05) is 29.0 Å². The number of rotatable bonds is 0. The van der Waals surface area contributed by atoms with Crippen LogP contribution in [0.25, 0.3) is 0 Å². The quantitative estimate of drug-likeness (QED) is 0.658. The normalized spacial score (nSPS) is 23.0. The van der Waals surface area contributed by atoms with Crippen molar-refractivity contribution in [2.45, 2.75) is 6.04 Å². The molecule has 0 bridgehead atoms. The monoisotopic (exact) mass is 218 g/mol. The van der Waals surface area contributed by atoms with Crippen molar-refractivity contribution < 1.29 is 4.79 Å². The third-order valence-corrected chi connectivity index (χ3v) is 2.79. The van der Waals surface area contributed by atoms with Crippen LogP contribution < -0.4 is 0 Å². The number of aromatic nitrogens is 1. The lowest BCUT2D eigenvalue weighted by Gasteiger charge is -2.23. The van der Waals surface area contributed by atoms with E-state index in [1.54, 1.807) is 12.1 Å². The van der Waals surface area contributed by atoms with E-state index in [1.165, 1.54) is 0 Å². The maximum Gasteiger partial charge on any atom is 0.293 e. The van der Waals surface area contributed by atoms with E-state index in [9.17, 15) is 4.79 Å². The number of aliphatic imine (C=N–C) groups is 1. The molecular weight excluding hydrogens is 212 g/mol. The van der Waals surface area contributed by atoms with Gasteiger partial charge in [0.15, 0.2) is 0 Å². The van der Waals surface area contributed by atoms with Gasteiger partial charge in [-0.15, -0.1) is 0 Å². The Labute approximate surface area is 91.4 Å². The summed E-state index contributed by atoms with van der Waals surface area (Å²) < 4.78 is 1.90. The number of fused-ring (bicyclic) bond motifs is 3. The first-order chi connectivity index (χ1) is 7.25. The van der Waals surface area contributed by atoms with Gasteiger partial charge in [0.05, 0.1) is 11.8 Å². The molecule has 3 rings (SSSR count). The Kier molecular flexibility index (Phi) is 1.70. The second-order valence-electron chi connectivity index (χ2n) is 3.48. The van der Waals surface area contributed by atoms with Crippen LogP contribution in [-0.2, 0) is 0 Å². The zero-order chi connectivity index (χ0) is 10.4. The highest BCUT2D eigenvalue weighted by Crippen LogP contribution is 2.27. The lowest BCUT2D eigenvalue weighted by atomic mass is 10.0. The van der Waals surface area contributed by atoms with E-state index in [-0.39, 0.29) is 11.9 Å². The minimum absolute atomic E-state index is 0.00944. The fourth-order valence-electron chi connectivity index (χ4n) is 1.88. The van der Waals surface area contributed by atoms with Crippen LogP contribution in [0, 0.1) is 0 Å². The summed E-state index contributed by atoms with van der Waals surface area (Å²) in [6, 6.07) is 3.63. The average molecular weight is 219 g/mol. The van der Waals surface area contributed by atoms with E-state index in [0.717, 1.165) is 0 Å². The van der Waals surface area contributed by atoms with E-state index in [2.05, 4.69) is 4.99 Å². The molecule has 4 heteroatoms. The molecule has 1 aliphatic heterocycles. The fourth-order valence-corrected chi connectivity index (χ4v) is 2.07. The average Bonchev–Trinajstić information content (AvgIpc) is 2.66. The molecule has 0 saturated heterocycles. The molecule has 0 saturated carbocycles. The van der Waals surface area contributed by atoms with Crippen molar-refractivity contribution in [3.8, 4) is 0 Å². The van der Waals surface area contributed by atoms with Gasteiger partial charge in [0.2, 0.25) is 0 Å². The molecule has 1 atom stereocenters. The molecule has 1 aliphatic carbocycles. The Balaban J connectivity index is 2.19. The van der Waals surface area contributed by atoms with Gasteiger partial charge in [-0.25, -0.2) is 4.99 Å². The smallest absolute Gasteiger partial charge is 0.293 e. The zero-order valence-electron chi connectivity index (χ0n) is 7.72. The zero-order valence-corrected chi connectivity index (χ0v) is 8.48. The molecule has 3 nitrogen and oxygen atoms in total. The first kappa shape index (κ1) is 8.68. The maximum atomic E-state index is 11.6. The van der Waals surface area contributed by atoms with Gasteiger partial charge in [-0.2, -0.15) is 0 Å². The summed E-state index contributed by atoms with van der Waals surface area (Å²) in [6.45, 7) is 0. The van der Waals surface area contributed by atoms with Crippen LogP contribution in [0.2, 0.25) is 0 Å². The van der Waals surface area contributed by atoms with Crippen molar-refractivity contribution in [2.75, 3.05) is 0 Å². The van der Waals surface area contributed by atoms with Crippen molar-refractivity contribution in [1.29, 1.82) is 0 Å². The number of hydrogen-bond acceptors (Lipinski definition) is 1. The Morgan fingerprint density at radius 3 is 3.20 bits per heavy atom. The minimum atomic E-state index is -0.206. The summed E-state index contributed by atoms with van der Waals surface area (Å²) in [6.07, 6.45) is 7.37. The number of amides is 1. The van der Waals surface area contributed by atoms with Gasteiger partial charge in [0.1, 0.15) is 5.69 Å². The lowest BCUT2D eigenvalue weighted by Crippen LogP contribution is -2.26. The van der Waals surface area contributed by atoms with Gasteiger partial charge in [-0.1, -0.05) is 17.7 Å². The Morgan fingerprint density at radius 2 is 2.33 bits per heavy atom. The van der Waals surface area contributed by atoms with Crippen LogP contribution in [-0.4, -0.2) is 16.2 Å².